The van der Waals surface area contributed by atoms with E-state index in [0.29, 0.717) is 17.5 Å². The summed E-state index contributed by atoms with van der Waals surface area (Å²) in [6.45, 7) is 1.15. The molecule has 0 radical (unpaired) electrons. The first-order valence-corrected chi connectivity index (χ1v) is 10.1. The molecular formula is C22H23N3O3S. The minimum atomic E-state index is -0.925. The molecule has 1 heterocycles. The zero-order chi connectivity index (χ0) is 20.6. The Hall–Kier alpha value is -2.90. The number of hydrogen-bond acceptors (Lipinski definition) is 6. The number of ether oxygens (including phenoxy) is 1. The SMILES string of the molecule is COCc1cc(N(C)Cc2ccccc2)nc(SCc2ccc(C(=O)O)cc2)n1. The summed E-state index contributed by atoms with van der Waals surface area (Å²) in [4.78, 5) is 22.3. The second kappa shape index (κ2) is 10.0. The summed E-state index contributed by atoms with van der Waals surface area (Å²) < 4.78 is 5.26. The van der Waals surface area contributed by atoms with Crippen molar-refractivity contribution >= 4 is 23.5 Å². The Morgan fingerprint density at radius 3 is 2.45 bits per heavy atom. The summed E-state index contributed by atoms with van der Waals surface area (Å²) in [5.74, 6) is 0.559. The van der Waals surface area contributed by atoms with Crippen LogP contribution < -0.4 is 4.90 Å². The highest BCUT2D eigenvalue weighted by Crippen LogP contribution is 2.24. The summed E-state index contributed by atoms with van der Waals surface area (Å²) in [6.07, 6.45) is 0. The molecule has 0 saturated heterocycles. The van der Waals surface area contributed by atoms with Gasteiger partial charge < -0.3 is 14.7 Å². The van der Waals surface area contributed by atoms with E-state index in [1.165, 1.54) is 17.3 Å². The Morgan fingerprint density at radius 2 is 1.79 bits per heavy atom. The molecule has 0 atom stereocenters. The van der Waals surface area contributed by atoms with Crippen LogP contribution in [0.2, 0.25) is 0 Å². The highest BCUT2D eigenvalue weighted by Gasteiger charge is 2.11. The van der Waals surface area contributed by atoms with Gasteiger partial charge in [-0.05, 0) is 23.3 Å². The number of benzene rings is 2. The summed E-state index contributed by atoms with van der Waals surface area (Å²) in [7, 11) is 3.65. The van der Waals surface area contributed by atoms with Gasteiger partial charge in [0, 0.05) is 32.5 Å². The molecule has 3 rings (SSSR count). The molecule has 0 aliphatic rings. The van der Waals surface area contributed by atoms with E-state index in [1.807, 2.05) is 43.4 Å². The van der Waals surface area contributed by atoms with Crippen molar-refractivity contribution < 1.29 is 14.6 Å². The van der Waals surface area contributed by atoms with Crippen molar-refractivity contribution in [3.63, 3.8) is 0 Å². The Labute approximate surface area is 174 Å². The van der Waals surface area contributed by atoms with Gasteiger partial charge in [-0.3, -0.25) is 0 Å². The van der Waals surface area contributed by atoms with Crippen LogP contribution in [0.1, 0.15) is 27.2 Å². The van der Waals surface area contributed by atoms with E-state index in [9.17, 15) is 4.79 Å². The molecule has 0 aliphatic heterocycles. The van der Waals surface area contributed by atoms with Crippen molar-refractivity contribution in [2.75, 3.05) is 19.1 Å². The van der Waals surface area contributed by atoms with Crippen molar-refractivity contribution in [1.82, 2.24) is 9.97 Å². The quantitative estimate of drug-likeness (QED) is 0.418. The number of carboxylic acid groups (broad SMARTS) is 1. The molecule has 0 bridgehead atoms. The van der Waals surface area contributed by atoms with Gasteiger partial charge in [-0.1, -0.05) is 54.2 Å². The largest absolute Gasteiger partial charge is 0.478 e. The maximum absolute atomic E-state index is 11.0. The maximum atomic E-state index is 11.0. The lowest BCUT2D eigenvalue weighted by molar-refractivity contribution is 0.0697. The fourth-order valence-electron chi connectivity index (χ4n) is 2.77. The van der Waals surface area contributed by atoms with E-state index < -0.39 is 5.97 Å². The molecule has 0 saturated carbocycles. The maximum Gasteiger partial charge on any atom is 0.335 e. The van der Waals surface area contributed by atoms with Crippen LogP contribution in [0.25, 0.3) is 0 Å². The number of aromatic carboxylic acids is 1. The normalized spacial score (nSPS) is 10.7. The summed E-state index contributed by atoms with van der Waals surface area (Å²) in [5, 5.41) is 9.67. The van der Waals surface area contributed by atoms with Gasteiger partial charge in [0.25, 0.3) is 0 Å². The third-order valence-corrected chi connectivity index (χ3v) is 5.18. The van der Waals surface area contributed by atoms with E-state index in [-0.39, 0.29) is 5.56 Å². The smallest absolute Gasteiger partial charge is 0.335 e. The second-order valence-corrected chi connectivity index (χ2v) is 7.51. The number of carbonyl (C=O) groups is 1. The lowest BCUT2D eigenvalue weighted by Gasteiger charge is -2.19. The fourth-order valence-corrected chi connectivity index (χ4v) is 3.60. The first kappa shape index (κ1) is 20.8. The highest BCUT2D eigenvalue weighted by molar-refractivity contribution is 7.98. The van der Waals surface area contributed by atoms with Crippen LogP contribution in [0.5, 0.6) is 0 Å². The van der Waals surface area contributed by atoms with Crippen molar-refractivity contribution in [3.05, 3.63) is 83.0 Å². The molecule has 1 N–H and O–H groups in total. The number of rotatable bonds is 9. The predicted octanol–water partition coefficient (Wildman–Crippen LogP) is 4.25. The monoisotopic (exact) mass is 409 g/mol. The molecule has 0 fully saturated rings. The van der Waals surface area contributed by atoms with Gasteiger partial charge in [-0.15, -0.1) is 0 Å². The third-order valence-electron chi connectivity index (χ3n) is 4.26. The fraction of sp³-hybridized carbons (Fsp3) is 0.227. The summed E-state index contributed by atoms with van der Waals surface area (Å²) >= 11 is 1.51. The van der Waals surface area contributed by atoms with Crippen LogP contribution in [0, 0.1) is 0 Å². The molecule has 2 aromatic carbocycles. The minimum absolute atomic E-state index is 0.280. The van der Waals surface area contributed by atoms with Gasteiger partial charge in [0.2, 0.25) is 0 Å². The zero-order valence-corrected chi connectivity index (χ0v) is 17.2. The first-order valence-electron chi connectivity index (χ1n) is 9.12. The van der Waals surface area contributed by atoms with Crippen LogP contribution >= 0.6 is 11.8 Å². The first-order chi connectivity index (χ1) is 14.0. The Kier molecular flexibility index (Phi) is 7.21. The summed E-state index contributed by atoms with van der Waals surface area (Å²) in [5.41, 5.74) is 3.32. The number of nitrogens with zero attached hydrogens (tertiary/aromatic N) is 3. The second-order valence-electron chi connectivity index (χ2n) is 6.57. The van der Waals surface area contributed by atoms with Gasteiger partial charge in [0.15, 0.2) is 5.16 Å². The van der Waals surface area contributed by atoms with Crippen LogP contribution in [-0.2, 0) is 23.6 Å². The van der Waals surface area contributed by atoms with Crippen molar-refractivity contribution in [3.8, 4) is 0 Å². The van der Waals surface area contributed by atoms with Crippen LogP contribution in [0.4, 0.5) is 5.82 Å². The topological polar surface area (TPSA) is 75.5 Å². The van der Waals surface area contributed by atoms with E-state index in [2.05, 4.69) is 22.0 Å². The number of thioether (sulfide) groups is 1. The van der Waals surface area contributed by atoms with Crippen molar-refractivity contribution in [2.45, 2.75) is 24.1 Å². The van der Waals surface area contributed by atoms with Crippen LogP contribution in [0.15, 0.2) is 65.8 Å². The molecular weight excluding hydrogens is 386 g/mol. The molecule has 1 aromatic heterocycles. The molecule has 0 spiro atoms. The average molecular weight is 410 g/mol. The molecule has 0 aliphatic carbocycles. The van der Waals surface area contributed by atoms with Gasteiger partial charge in [0.05, 0.1) is 17.9 Å². The van der Waals surface area contributed by atoms with Gasteiger partial charge in [0.1, 0.15) is 5.82 Å². The Morgan fingerprint density at radius 1 is 1.07 bits per heavy atom. The number of carboxylic acids is 1. The standard InChI is InChI=1S/C22H23N3O3S/c1-25(13-16-6-4-3-5-7-16)20-12-19(14-28-2)23-22(24-20)29-15-17-8-10-18(11-9-17)21(26)27/h3-12H,13-15H2,1-2H3,(H,26,27). The van der Waals surface area contributed by atoms with Gasteiger partial charge in [-0.2, -0.15) is 0 Å². The molecule has 6 nitrogen and oxygen atoms in total. The van der Waals surface area contributed by atoms with E-state index in [1.54, 1.807) is 19.2 Å². The summed E-state index contributed by atoms with van der Waals surface area (Å²) in [6, 6.07) is 19.0. The third kappa shape index (κ3) is 6.04. The van der Waals surface area contributed by atoms with E-state index in [0.717, 1.165) is 23.6 Å². The number of anilines is 1. The van der Waals surface area contributed by atoms with Gasteiger partial charge >= 0.3 is 5.97 Å². The number of aromatic nitrogens is 2. The Bertz CT molecular complexity index is 949. The lowest BCUT2D eigenvalue weighted by atomic mass is 10.1. The number of methoxy groups -OCH3 is 1. The lowest BCUT2D eigenvalue weighted by Crippen LogP contribution is -2.18. The van der Waals surface area contributed by atoms with Crippen LogP contribution in [-0.4, -0.2) is 35.2 Å². The molecule has 150 valence electrons. The predicted molar refractivity (Wildman–Crippen MR) is 114 cm³/mol. The molecule has 0 unspecified atom stereocenters. The number of hydrogen-bond donors (Lipinski definition) is 1. The van der Waals surface area contributed by atoms with Crippen molar-refractivity contribution in [1.29, 1.82) is 0 Å². The molecule has 3 aromatic rings. The average Bonchev–Trinajstić information content (AvgIpc) is 2.73. The highest BCUT2D eigenvalue weighted by atomic mass is 32.2. The van der Waals surface area contributed by atoms with E-state index >= 15 is 0 Å². The van der Waals surface area contributed by atoms with E-state index in [4.69, 9.17) is 14.8 Å². The minimum Gasteiger partial charge on any atom is -0.478 e. The molecule has 0 amide bonds. The van der Waals surface area contributed by atoms with Crippen LogP contribution in [0.3, 0.4) is 0 Å². The van der Waals surface area contributed by atoms with Crippen molar-refractivity contribution in [2.24, 2.45) is 0 Å². The zero-order valence-electron chi connectivity index (χ0n) is 16.4. The van der Waals surface area contributed by atoms with Gasteiger partial charge in [-0.25, -0.2) is 14.8 Å². The molecule has 29 heavy (non-hydrogen) atoms. The molecule has 7 heteroatoms. The Balaban J connectivity index is 1.74.